The average molecular weight is 213 g/mol. The van der Waals surface area contributed by atoms with Crippen LogP contribution in [-0.4, -0.2) is 11.8 Å². The normalized spacial score (nSPS) is 10.0. The van der Waals surface area contributed by atoms with Crippen LogP contribution in [0.2, 0.25) is 0 Å². The molecular formula is C12H23NO2. The molecule has 0 aromatic carbocycles. The molecule has 15 heavy (non-hydrogen) atoms. The second kappa shape index (κ2) is 9.69. The minimum absolute atomic E-state index is 0.127. The fourth-order valence-electron chi connectivity index (χ4n) is 1.37. The van der Waals surface area contributed by atoms with Crippen LogP contribution in [-0.2, 0) is 9.59 Å². The molecule has 3 nitrogen and oxygen atoms in total. The monoisotopic (exact) mass is 213 g/mol. The Morgan fingerprint density at radius 2 is 1.47 bits per heavy atom. The smallest absolute Gasteiger partial charge is 0.226 e. The molecule has 0 saturated carbocycles. The first-order valence-corrected chi connectivity index (χ1v) is 6.03. The topological polar surface area (TPSA) is 46.2 Å². The van der Waals surface area contributed by atoms with Crippen LogP contribution in [0.25, 0.3) is 0 Å². The summed E-state index contributed by atoms with van der Waals surface area (Å²) in [7, 11) is 0. The van der Waals surface area contributed by atoms with Crippen molar-refractivity contribution in [2.24, 2.45) is 0 Å². The predicted molar refractivity (Wildman–Crippen MR) is 61.4 cm³/mol. The van der Waals surface area contributed by atoms with Gasteiger partial charge in [-0.2, -0.15) is 0 Å². The van der Waals surface area contributed by atoms with Crippen molar-refractivity contribution in [3.05, 3.63) is 0 Å². The van der Waals surface area contributed by atoms with Gasteiger partial charge in [-0.15, -0.1) is 0 Å². The van der Waals surface area contributed by atoms with Crippen molar-refractivity contribution in [3.63, 3.8) is 0 Å². The molecule has 0 rings (SSSR count). The van der Waals surface area contributed by atoms with Crippen molar-refractivity contribution in [1.29, 1.82) is 0 Å². The Morgan fingerprint density at radius 3 is 2.07 bits per heavy atom. The van der Waals surface area contributed by atoms with E-state index in [1.165, 1.54) is 25.7 Å². The highest BCUT2D eigenvalue weighted by Gasteiger charge is 2.04. The zero-order valence-electron chi connectivity index (χ0n) is 9.97. The summed E-state index contributed by atoms with van der Waals surface area (Å²) in [4.78, 5) is 22.0. The van der Waals surface area contributed by atoms with Gasteiger partial charge in [0.15, 0.2) is 0 Å². The Bertz CT molecular complexity index is 190. The number of carbonyl (C=O) groups is 2. The molecule has 3 heteroatoms. The number of hydrogen-bond acceptors (Lipinski definition) is 2. The molecule has 0 aliphatic heterocycles. The maximum absolute atomic E-state index is 11.2. The van der Waals surface area contributed by atoms with Gasteiger partial charge < -0.3 is 0 Å². The molecule has 0 aliphatic carbocycles. The molecule has 88 valence electrons. The molecule has 0 bridgehead atoms. The molecule has 0 atom stereocenters. The first kappa shape index (κ1) is 14.1. The van der Waals surface area contributed by atoms with E-state index < -0.39 is 0 Å². The Hall–Kier alpha value is -0.860. The first-order chi connectivity index (χ1) is 7.20. The number of rotatable bonds is 8. The highest BCUT2D eigenvalue weighted by molar-refractivity contribution is 5.94. The van der Waals surface area contributed by atoms with E-state index in [0.717, 1.165) is 12.8 Å². The lowest BCUT2D eigenvalue weighted by Gasteiger charge is -2.02. The molecule has 1 N–H and O–H groups in total. The number of imide groups is 1. The van der Waals surface area contributed by atoms with Crippen molar-refractivity contribution >= 4 is 11.8 Å². The average Bonchev–Trinajstić information content (AvgIpc) is 2.23. The summed E-state index contributed by atoms with van der Waals surface area (Å²) in [5.41, 5.74) is 0. The summed E-state index contributed by atoms with van der Waals surface area (Å²) in [6.07, 6.45) is 7.82. The number of carbonyl (C=O) groups excluding carboxylic acids is 2. The Kier molecular flexibility index (Phi) is 9.13. The second-order valence-electron chi connectivity index (χ2n) is 3.84. The lowest BCUT2D eigenvalue weighted by molar-refractivity contribution is -0.130. The van der Waals surface area contributed by atoms with Gasteiger partial charge in [-0.25, -0.2) is 0 Å². The molecule has 0 aromatic rings. The van der Waals surface area contributed by atoms with Gasteiger partial charge in [0.2, 0.25) is 11.8 Å². The van der Waals surface area contributed by atoms with Gasteiger partial charge in [0.05, 0.1) is 0 Å². The van der Waals surface area contributed by atoms with E-state index in [2.05, 4.69) is 12.2 Å². The predicted octanol–water partition coefficient (Wildman–Crippen LogP) is 2.79. The maximum atomic E-state index is 11.2. The van der Waals surface area contributed by atoms with Crippen LogP contribution in [0.1, 0.15) is 65.2 Å². The third-order valence-corrected chi connectivity index (χ3v) is 2.36. The van der Waals surface area contributed by atoms with E-state index in [0.29, 0.717) is 12.8 Å². The summed E-state index contributed by atoms with van der Waals surface area (Å²) < 4.78 is 0. The maximum Gasteiger partial charge on any atom is 0.226 e. The zero-order chi connectivity index (χ0) is 11.5. The van der Waals surface area contributed by atoms with E-state index in [4.69, 9.17) is 0 Å². The highest BCUT2D eigenvalue weighted by atomic mass is 16.2. The lowest BCUT2D eigenvalue weighted by Crippen LogP contribution is -2.29. The van der Waals surface area contributed by atoms with Gasteiger partial charge in [-0.3, -0.25) is 14.9 Å². The minimum atomic E-state index is -0.175. The summed E-state index contributed by atoms with van der Waals surface area (Å²) in [6.45, 7) is 3.93. The lowest BCUT2D eigenvalue weighted by atomic mass is 10.1. The van der Waals surface area contributed by atoms with Crippen LogP contribution in [0.15, 0.2) is 0 Å². The van der Waals surface area contributed by atoms with Gasteiger partial charge in [0.25, 0.3) is 0 Å². The first-order valence-electron chi connectivity index (χ1n) is 6.03. The van der Waals surface area contributed by atoms with Gasteiger partial charge >= 0.3 is 0 Å². The molecule has 0 aromatic heterocycles. The van der Waals surface area contributed by atoms with E-state index in [-0.39, 0.29) is 11.8 Å². The van der Waals surface area contributed by atoms with E-state index in [1.807, 2.05) is 0 Å². The molecule has 0 fully saturated rings. The van der Waals surface area contributed by atoms with Crippen LogP contribution in [0.3, 0.4) is 0 Å². The molecule has 0 saturated heterocycles. The van der Waals surface area contributed by atoms with Crippen molar-refractivity contribution in [2.45, 2.75) is 65.2 Å². The van der Waals surface area contributed by atoms with Crippen LogP contribution < -0.4 is 5.32 Å². The fourth-order valence-corrected chi connectivity index (χ4v) is 1.37. The number of hydrogen-bond donors (Lipinski definition) is 1. The SMILES string of the molecule is CCCCCCCCC(=O)NC(=O)CC. The van der Waals surface area contributed by atoms with E-state index in [9.17, 15) is 9.59 Å². The van der Waals surface area contributed by atoms with Crippen molar-refractivity contribution in [1.82, 2.24) is 5.32 Å². The minimum Gasteiger partial charge on any atom is -0.296 e. The van der Waals surface area contributed by atoms with Crippen molar-refractivity contribution in [2.75, 3.05) is 0 Å². The van der Waals surface area contributed by atoms with Crippen molar-refractivity contribution in [3.8, 4) is 0 Å². The van der Waals surface area contributed by atoms with Crippen LogP contribution >= 0.6 is 0 Å². The third kappa shape index (κ3) is 9.44. The molecular weight excluding hydrogens is 190 g/mol. The highest BCUT2D eigenvalue weighted by Crippen LogP contribution is 2.06. The molecule has 0 aliphatic rings. The summed E-state index contributed by atoms with van der Waals surface area (Å²) in [5, 5.41) is 2.35. The quantitative estimate of drug-likeness (QED) is 0.630. The Labute approximate surface area is 92.6 Å². The summed E-state index contributed by atoms with van der Waals surface area (Å²) in [6, 6.07) is 0. The van der Waals surface area contributed by atoms with Crippen molar-refractivity contribution < 1.29 is 9.59 Å². The number of nitrogens with one attached hydrogen (secondary N) is 1. The summed E-state index contributed by atoms with van der Waals surface area (Å²) >= 11 is 0. The molecule has 0 radical (unpaired) electrons. The second-order valence-corrected chi connectivity index (χ2v) is 3.84. The Morgan fingerprint density at radius 1 is 0.867 bits per heavy atom. The number of amides is 2. The molecule has 0 heterocycles. The molecule has 0 spiro atoms. The summed E-state index contributed by atoms with van der Waals surface area (Å²) in [5.74, 6) is -0.302. The molecule has 2 amide bonds. The van der Waals surface area contributed by atoms with Crippen LogP contribution in [0, 0.1) is 0 Å². The van der Waals surface area contributed by atoms with E-state index >= 15 is 0 Å². The number of unbranched alkanes of at least 4 members (excludes halogenated alkanes) is 5. The fraction of sp³-hybridized carbons (Fsp3) is 0.833. The van der Waals surface area contributed by atoms with Crippen LogP contribution in [0.4, 0.5) is 0 Å². The van der Waals surface area contributed by atoms with Crippen LogP contribution in [0.5, 0.6) is 0 Å². The zero-order valence-corrected chi connectivity index (χ0v) is 9.97. The molecule has 0 unspecified atom stereocenters. The van der Waals surface area contributed by atoms with Gasteiger partial charge in [0, 0.05) is 12.8 Å². The standard InChI is InChI=1S/C12H23NO2/c1-3-5-6-7-8-9-10-12(15)13-11(14)4-2/h3-10H2,1-2H3,(H,13,14,15). The van der Waals surface area contributed by atoms with Gasteiger partial charge in [-0.05, 0) is 6.42 Å². The third-order valence-electron chi connectivity index (χ3n) is 2.36. The Balaban J connectivity index is 3.28. The van der Waals surface area contributed by atoms with Gasteiger partial charge in [-0.1, -0.05) is 46.0 Å². The van der Waals surface area contributed by atoms with Gasteiger partial charge in [0.1, 0.15) is 0 Å². The van der Waals surface area contributed by atoms with E-state index in [1.54, 1.807) is 6.92 Å². The largest absolute Gasteiger partial charge is 0.296 e.